The Morgan fingerprint density at radius 3 is 2.60 bits per heavy atom. The zero-order chi connectivity index (χ0) is 14.5. The molecule has 2 aromatic rings. The number of ether oxygens (including phenoxy) is 2. The van der Waals surface area contributed by atoms with Crippen LogP contribution >= 0.6 is 27.5 Å². The molecule has 0 atom stereocenters. The van der Waals surface area contributed by atoms with Crippen LogP contribution in [0.25, 0.3) is 0 Å². The molecule has 0 radical (unpaired) electrons. The number of rotatable bonds is 5. The van der Waals surface area contributed by atoms with Crippen molar-refractivity contribution in [2.45, 2.75) is 19.4 Å². The molecule has 2 rings (SSSR count). The summed E-state index contributed by atoms with van der Waals surface area (Å²) in [5, 5.41) is 0. The van der Waals surface area contributed by atoms with Gasteiger partial charge < -0.3 is 9.47 Å². The smallest absolute Gasteiger partial charge is 0.125 e. The molecule has 0 heterocycles. The van der Waals surface area contributed by atoms with Crippen molar-refractivity contribution in [1.29, 1.82) is 0 Å². The molecule has 0 bridgehead atoms. The van der Waals surface area contributed by atoms with E-state index in [2.05, 4.69) is 22.0 Å². The predicted octanol–water partition coefficient (Wildman–Crippen LogP) is 5.08. The number of halogens is 2. The van der Waals surface area contributed by atoms with Crippen LogP contribution in [0.15, 0.2) is 40.9 Å². The second-order valence-electron chi connectivity index (χ2n) is 4.49. The minimum Gasteiger partial charge on any atom is -0.496 e. The van der Waals surface area contributed by atoms with Gasteiger partial charge >= 0.3 is 0 Å². The zero-order valence-corrected chi connectivity index (χ0v) is 13.8. The van der Waals surface area contributed by atoms with E-state index < -0.39 is 0 Å². The van der Waals surface area contributed by atoms with Crippen LogP contribution in [0, 0.1) is 6.92 Å². The molecule has 0 unspecified atom stereocenters. The number of alkyl halides is 1. The molecule has 0 aromatic heterocycles. The van der Waals surface area contributed by atoms with Crippen LogP contribution in [-0.4, -0.2) is 7.11 Å². The van der Waals surface area contributed by atoms with Crippen molar-refractivity contribution in [1.82, 2.24) is 0 Å². The maximum atomic E-state index is 5.88. The lowest BCUT2D eigenvalue weighted by Gasteiger charge is -2.12. The minimum atomic E-state index is 0.450. The highest BCUT2D eigenvalue weighted by atomic mass is 79.9. The Morgan fingerprint density at radius 1 is 1.10 bits per heavy atom. The summed E-state index contributed by atoms with van der Waals surface area (Å²) >= 11 is 9.34. The molecular formula is C16H16BrClO2. The summed E-state index contributed by atoms with van der Waals surface area (Å²) in [6, 6.07) is 11.9. The number of hydrogen-bond acceptors (Lipinski definition) is 2. The first-order valence-electron chi connectivity index (χ1n) is 6.24. The number of hydrogen-bond donors (Lipinski definition) is 0. The maximum absolute atomic E-state index is 5.88. The van der Waals surface area contributed by atoms with Gasteiger partial charge in [0.2, 0.25) is 0 Å². The first-order chi connectivity index (χ1) is 9.63. The number of aryl methyl sites for hydroxylation is 1. The van der Waals surface area contributed by atoms with Gasteiger partial charge in [-0.3, -0.25) is 0 Å². The first kappa shape index (κ1) is 15.2. The Hall–Kier alpha value is -1.19. The second-order valence-corrected chi connectivity index (χ2v) is 5.61. The molecule has 2 nitrogen and oxygen atoms in total. The number of benzene rings is 2. The van der Waals surface area contributed by atoms with Gasteiger partial charge in [0.05, 0.1) is 7.11 Å². The van der Waals surface area contributed by atoms with E-state index in [9.17, 15) is 0 Å². The number of methoxy groups -OCH3 is 1. The fraction of sp³-hybridized carbons (Fsp3) is 0.250. The quantitative estimate of drug-likeness (QED) is 0.696. The molecule has 0 saturated carbocycles. The van der Waals surface area contributed by atoms with Gasteiger partial charge in [0.25, 0.3) is 0 Å². The van der Waals surface area contributed by atoms with Crippen molar-refractivity contribution in [3.05, 3.63) is 57.6 Å². The summed E-state index contributed by atoms with van der Waals surface area (Å²) in [5.74, 6) is 2.09. The molecule has 0 N–H and O–H groups in total. The van der Waals surface area contributed by atoms with E-state index in [-0.39, 0.29) is 0 Å². The van der Waals surface area contributed by atoms with Crippen molar-refractivity contribution in [2.75, 3.05) is 7.11 Å². The molecule has 0 aliphatic rings. The van der Waals surface area contributed by atoms with E-state index in [1.54, 1.807) is 7.11 Å². The molecular weight excluding hydrogens is 340 g/mol. The first-order valence-corrected chi connectivity index (χ1v) is 7.57. The third-order valence-electron chi connectivity index (χ3n) is 2.99. The lowest BCUT2D eigenvalue weighted by Crippen LogP contribution is -1.99. The standard InChI is InChI=1S/C16H16BrClO2/c1-11-3-6-16(19-2)13(7-11)10-20-14-4-5-15(17)12(8-14)9-18/h3-8H,9-10H2,1-2H3. The topological polar surface area (TPSA) is 18.5 Å². The van der Waals surface area contributed by atoms with Gasteiger partial charge in [-0.15, -0.1) is 11.6 Å². The maximum Gasteiger partial charge on any atom is 0.125 e. The lowest BCUT2D eigenvalue weighted by atomic mass is 10.1. The van der Waals surface area contributed by atoms with Gasteiger partial charge in [0.1, 0.15) is 18.1 Å². The monoisotopic (exact) mass is 354 g/mol. The van der Waals surface area contributed by atoms with Gasteiger partial charge in [0.15, 0.2) is 0 Å². The molecule has 0 amide bonds. The fourth-order valence-electron chi connectivity index (χ4n) is 1.92. The van der Waals surface area contributed by atoms with Gasteiger partial charge in [0, 0.05) is 15.9 Å². The molecule has 0 saturated heterocycles. The molecule has 4 heteroatoms. The Labute approximate surface area is 132 Å². The summed E-state index contributed by atoms with van der Waals surface area (Å²) in [6.45, 7) is 2.52. The largest absolute Gasteiger partial charge is 0.496 e. The Morgan fingerprint density at radius 2 is 1.90 bits per heavy atom. The van der Waals surface area contributed by atoms with Crippen molar-refractivity contribution in [3.63, 3.8) is 0 Å². The predicted molar refractivity (Wildman–Crippen MR) is 85.8 cm³/mol. The van der Waals surface area contributed by atoms with Crippen LogP contribution in [0.3, 0.4) is 0 Å². The second kappa shape index (κ2) is 7.00. The average molecular weight is 356 g/mol. The van der Waals surface area contributed by atoms with Crippen LogP contribution in [0.1, 0.15) is 16.7 Å². The van der Waals surface area contributed by atoms with E-state index >= 15 is 0 Å². The third kappa shape index (κ3) is 3.68. The molecule has 0 spiro atoms. The van der Waals surface area contributed by atoms with Crippen LogP contribution in [-0.2, 0) is 12.5 Å². The molecule has 0 fully saturated rings. The molecule has 20 heavy (non-hydrogen) atoms. The van der Waals surface area contributed by atoms with E-state index in [0.717, 1.165) is 27.1 Å². The molecule has 0 aliphatic carbocycles. The van der Waals surface area contributed by atoms with Crippen molar-refractivity contribution in [2.24, 2.45) is 0 Å². The average Bonchev–Trinajstić information content (AvgIpc) is 2.46. The summed E-state index contributed by atoms with van der Waals surface area (Å²) < 4.78 is 12.2. The zero-order valence-electron chi connectivity index (χ0n) is 11.5. The Kier molecular flexibility index (Phi) is 5.32. The summed E-state index contributed by atoms with van der Waals surface area (Å²) in [6.07, 6.45) is 0. The summed E-state index contributed by atoms with van der Waals surface area (Å²) in [7, 11) is 1.67. The van der Waals surface area contributed by atoms with E-state index in [1.807, 2.05) is 37.3 Å². The van der Waals surface area contributed by atoms with Crippen LogP contribution in [0.2, 0.25) is 0 Å². The Balaban J connectivity index is 2.14. The van der Waals surface area contributed by atoms with Crippen LogP contribution < -0.4 is 9.47 Å². The van der Waals surface area contributed by atoms with Crippen molar-refractivity contribution >= 4 is 27.5 Å². The van der Waals surface area contributed by atoms with Gasteiger partial charge in [-0.1, -0.05) is 27.6 Å². The summed E-state index contributed by atoms with van der Waals surface area (Å²) in [5.41, 5.74) is 3.23. The SMILES string of the molecule is COc1ccc(C)cc1COc1ccc(Br)c(CCl)c1. The lowest BCUT2D eigenvalue weighted by molar-refractivity contribution is 0.296. The van der Waals surface area contributed by atoms with E-state index in [4.69, 9.17) is 21.1 Å². The van der Waals surface area contributed by atoms with Crippen LogP contribution in [0.5, 0.6) is 11.5 Å². The molecule has 106 valence electrons. The van der Waals surface area contributed by atoms with Gasteiger partial charge in [-0.2, -0.15) is 0 Å². The van der Waals surface area contributed by atoms with Crippen molar-refractivity contribution < 1.29 is 9.47 Å². The molecule has 2 aromatic carbocycles. The minimum absolute atomic E-state index is 0.450. The van der Waals surface area contributed by atoms with E-state index in [1.165, 1.54) is 5.56 Å². The van der Waals surface area contributed by atoms with E-state index in [0.29, 0.717) is 12.5 Å². The highest BCUT2D eigenvalue weighted by Gasteiger charge is 2.06. The van der Waals surface area contributed by atoms with Gasteiger partial charge in [-0.25, -0.2) is 0 Å². The highest BCUT2D eigenvalue weighted by Crippen LogP contribution is 2.26. The molecule has 0 aliphatic heterocycles. The highest BCUT2D eigenvalue weighted by molar-refractivity contribution is 9.10. The summed E-state index contributed by atoms with van der Waals surface area (Å²) in [4.78, 5) is 0. The van der Waals surface area contributed by atoms with Gasteiger partial charge in [-0.05, 0) is 42.8 Å². The van der Waals surface area contributed by atoms with Crippen molar-refractivity contribution in [3.8, 4) is 11.5 Å². The fourth-order valence-corrected chi connectivity index (χ4v) is 2.69. The van der Waals surface area contributed by atoms with Crippen LogP contribution in [0.4, 0.5) is 0 Å². The third-order valence-corrected chi connectivity index (χ3v) is 4.05. The Bertz CT molecular complexity index is 599. The normalized spacial score (nSPS) is 10.4.